The summed E-state index contributed by atoms with van der Waals surface area (Å²) in [5, 5.41) is 57.1. The molecule has 1 aromatic heterocycles. The van der Waals surface area contributed by atoms with E-state index in [1.54, 1.807) is 4.57 Å². The number of aliphatic hydroxyl groups excluding tert-OH is 2. The van der Waals surface area contributed by atoms with Crippen LogP contribution in [0.15, 0.2) is 77.0 Å². The summed E-state index contributed by atoms with van der Waals surface area (Å²) < 4.78 is 32.3. The Bertz CT molecular complexity index is 3930. The van der Waals surface area contributed by atoms with E-state index in [1.165, 1.54) is 37.5 Å². The second-order valence-electron chi connectivity index (χ2n) is 29.5. The average molecular weight is 1480 g/mol. The van der Waals surface area contributed by atoms with Gasteiger partial charge in [-0.2, -0.15) is 17.1 Å². The summed E-state index contributed by atoms with van der Waals surface area (Å²) in [7, 11) is -5.06. The molecule has 7 heterocycles. The van der Waals surface area contributed by atoms with Gasteiger partial charge in [-0.3, -0.25) is 58.6 Å². The summed E-state index contributed by atoms with van der Waals surface area (Å²) in [5.41, 5.74) is 36.7. The van der Waals surface area contributed by atoms with E-state index >= 15 is 0 Å². The number of primary amides is 6. The van der Waals surface area contributed by atoms with Crippen LogP contribution in [0.5, 0.6) is 0 Å². The molecule has 8 bridgehead atoms. The van der Waals surface area contributed by atoms with Crippen molar-refractivity contribution in [2.24, 2.45) is 79.7 Å². The molecule has 18 atom stereocenters. The Labute approximate surface area is 604 Å². The van der Waals surface area contributed by atoms with Gasteiger partial charge in [-0.15, -0.1) is 64.6 Å². The fourth-order valence-electron chi connectivity index (χ4n) is 16.8. The zero-order valence-electron chi connectivity index (χ0n) is 59.3. The summed E-state index contributed by atoms with van der Waals surface area (Å²) in [6.45, 7) is 19.5. The molecule has 3 aromatic rings. The number of aromatic nitrogens is 2. The minimum Gasteiger partial charge on any atom is -0.685 e. The monoisotopic (exact) mass is 1480 g/mol. The number of ether oxygens (including phenoxy) is 1. The van der Waals surface area contributed by atoms with Crippen LogP contribution < -0.4 is 49.3 Å². The van der Waals surface area contributed by atoms with Crippen molar-refractivity contribution < 1.29 is 93.3 Å². The molecule has 0 aliphatic carbocycles. The smallest absolute Gasteiger partial charge is 0.472 e. The molecule has 0 saturated carbocycles. The van der Waals surface area contributed by atoms with Gasteiger partial charge in [0.2, 0.25) is 41.4 Å². The zero-order valence-corrected chi connectivity index (χ0v) is 61.3. The molecule has 5 fully saturated rings. The molecule has 561 valence electrons. The van der Waals surface area contributed by atoms with Crippen LogP contribution in [0.1, 0.15) is 156 Å². The zero-order chi connectivity index (χ0) is 75.0. The molecule has 0 spiro atoms. The van der Waals surface area contributed by atoms with Crippen LogP contribution in [-0.2, 0) is 68.7 Å². The van der Waals surface area contributed by atoms with Gasteiger partial charge in [0.1, 0.15) is 18.3 Å². The van der Waals surface area contributed by atoms with Gasteiger partial charge in [0.05, 0.1) is 35.0 Å². The van der Waals surface area contributed by atoms with E-state index in [1.807, 2.05) is 87.4 Å². The Kier molecular flexibility index (Phi) is 25.5. The molecule has 9 rings (SSSR count). The number of phosphoric ester groups is 1. The van der Waals surface area contributed by atoms with Gasteiger partial charge in [0, 0.05) is 68.3 Å². The SMILES string of the molecule is C/C1=C2/[N-][C@H]([C@H](CC(N)=O)[C@@]2(C)CCC(=O)NC[C@@H](C)OP(=O)(O)O[C@H]2[C@@H](O)[C@@H]([n+]3c[n-]c4cc(C)c(C)cc43)O[C@@H]2CO)[C@]2(C)[N-][C@@H](/C(C)=C3\[N-]/C(=C\C4[N-]C1[C@@H](CCC(N)=O)C4(C)C)[C@@H](CCC(N)=O)[C@]3(C)CC(N)=O)[C@@H](CCC(N)=O)[C@]2(C)CC(N)=O.[C-]#Cc1ccc([N+](=O)[O-])cc1.[Co]. The molecule has 30 nitrogen and oxygen atoms in total. The van der Waals surface area contributed by atoms with Gasteiger partial charge in [-0.05, 0) is 141 Å². The maximum Gasteiger partial charge on any atom is 0.472 e. The van der Waals surface area contributed by atoms with Crippen molar-refractivity contribution in [1.29, 1.82) is 0 Å². The number of nitro benzene ring substituents is 1. The standard InChI is InChI=1S/C62H92N13O14P.C8H4NO2.Co/c1-29-20-39-40(21-30(29)2)75(28-70-39)57-52(84)53(41(27-76)87-57)89-90(85,86)88-31(3)26-69-49(83)18-19-59(8)37(22-46(66)80)56-62(11)61(10,25-48(68)82)36(14-17-45(65)79)51(74-62)33(5)55-60(9,24-47(67)81)34(12-15-43(63)77)38(71-55)23-42-58(6,7)35(13-16-44(64)78)50(72-42)32(4)54(59)73-56;1-2-7-3-5-8(6-4-7)9(10)11;/h20-21,23,28,31,34-37,41-42,50-53,56-57,76,84H,12-19,22,24-27H2,1-11H3,(H14,63,64,65,66,67,68,69,77,78,79,80,81,82,83,85,86);3-6H;/q-4;-1;/b38-23-,54-32-,55-33-;;/t31-,34-,35-,36-,37+,41-,42?,50?,51+,52-,53-,56-,57+,59-,60+,61+,62+;;/m1../s1. The number of non-ortho nitro benzene ring substituents is 1. The van der Waals surface area contributed by atoms with Crippen LogP contribution in [0.2, 0.25) is 0 Å². The number of aryl methyl sites for hydroxylation is 2. The van der Waals surface area contributed by atoms with Crippen molar-refractivity contribution in [2.45, 2.75) is 207 Å². The van der Waals surface area contributed by atoms with Crippen molar-refractivity contribution >= 4 is 65.9 Å². The maximum absolute atomic E-state index is 14.4. The number of nitrogens with zero attached hydrogens (tertiary/aromatic N) is 7. The van der Waals surface area contributed by atoms with Crippen molar-refractivity contribution in [3.8, 4) is 5.92 Å². The van der Waals surface area contributed by atoms with Gasteiger partial charge in [-0.25, -0.2) is 9.55 Å². The second-order valence-corrected chi connectivity index (χ2v) is 30.9. The van der Waals surface area contributed by atoms with Crippen LogP contribution in [0, 0.1) is 81.6 Å². The van der Waals surface area contributed by atoms with E-state index in [0.29, 0.717) is 44.8 Å². The molecule has 32 heteroatoms. The number of nitro groups is 1. The largest absolute Gasteiger partial charge is 0.685 e. The van der Waals surface area contributed by atoms with Crippen molar-refractivity contribution in [1.82, 2.24) is 10.3 Å². The predicted octanol–water partition coefficient (Wildman–Crippen LogP) is 5.43. The minimum absolute atomic E-state index is 0. The molecule has 6 aliphatic heterocycles. The topological polar surface area (TPSA) is 511 Å². The van der Waals surface area contributed by atoms with Crippen LogP contribution in [-0.4, -0.2) is 129 Å². The third-order valence-electron chi connectivity index (χ3n) is 22.4. The molecule has 1 radical (unpaired) electrons. The Morgan fingerprint density at radius 3 is 1.96 bits per heavy atom. The summed E-state index contributed by atoms with van der Waals surface area (Å²) >= 11 is 0. The number of phosphoric acid groups is 1. The first-order chi connectivity index (χ1) is 47.1. The predicted molar refractivity (Wildman–Crippen MR) is 370 cm³/mol. The number of allylic oxidation sites excluding steroid dienone is 3. The fraction of sp³-hybridized carbons (Fsp3) is 0.600. The number of carbonyl (C=O) groups excluding carboxylic acids is 7. The molecule has 16 N–H and O–H groups in total. The summed E-state index contributed by atoms with van der Waals surface area (Å²) in [4.78, 5) is 119. The van der Waals surface area contributed by atoms with Gasteiger partial charge in [0.25, 0.3) is 5.69 Å². The Morgan fingerprint density at radius 2 is 1.39 bits per heavy atom. The number of amides is 7. The Balaban J connectivity index is 0.00000111. The first kappa shape index (κ1) is 81.7. The molecule has 102 heavy (non-hydrogen) atoms. The molecule has 3 unspecified atom stereocenters. The molecule has 7 amide bonds. The Hall–Kier alpha value is -7.60. The van der Waals surface area contributed by atoms with Crippen molar-refractivity contribution in [3.05, 3.63) is 132 Å². The molecular weight excluding hydrogens is 1380 g/mol. The van der Waals surface area contributed by atoms with Crippen LogP contribution in [0.3, 0.4) is 0 Å². The van der Waals surface area contributed by atoms with Gasteiger partial charge in [0.15, 0.2) is 6.23 Å². The number of benzene rings is 2. The molecular formula is C70H96CoN14O16P-5. The van der Waals surface area contributed by atoms with E-state index in [-0.39, 0.29) is 99.6 Å². The van der Waals surface area contributed by atoms with E-state index in [9.17, 15) is 63.3 Å². The van der Waals surface area contributed by atoms with E-state index in [4.69, 9.17) is 75.9 Å². The summed E-state index contributed by atoms with van der Waals surface area (Å²) in [6.07, 6.45) is 2.72. The van der Waals surface area contributed by atoms with Crippen LogP contribution >= 0.6 is 7.82 Å². The number of carbonyl (C=O) groups is 7. The van der Waals surface area contributed by atoms with E-state index < -0.39 is 166 Å². The second kappa shape index (κ2) is 31.8. The normalized spacial score (nSPS) is 33.4. The van der Waals surface area contributed by atoms with Crippen molar-refractivity contribution in [2.75, 3.05) is 13.2 Å². The Morgan fingerprint density at radius 1 is 0.804 bits per heavy atom. The summed E-state index contributed by atoms with van der Waals surface area (Å²) in [5.74, 6) is -4.79. The van der Waals surface area contributed by atoms with Crippen molar-refractivity contribution in [3.63, 3.8) is 0 Å². The molecule has 6 aliphatic rings. The third kappa shape index (κ3) is 16.6. The third-order valence-corrected chi connectivity index (χ3v) is 23.6. The van der Waals surface area contributed by atoms with Gasteiger partial charge >= 0.3 is 7.82 Å². The number of hydrogen-bond acceptors (Lipinski definition) is 15. The molecule has 2 aromatic carbocycles. The quantitative estimate of drug-likeness (QED) is 0.0114. The average Bonchev–Trinajstić information content (AvgIpc) is 1.53. The van der Waals surface area contributed by atoms with Gasteiger partial charge < -0.3 is 91.8 Å². The fourth-order valence-corrected chi connectivity index (χ4v) is 17.9. The first-order valence-corrected chi connectivity index (χ1v) is 35.3. The van der Waals surface area contributed by atoms with Gasteiger partial charge in [-0.1, -0.05) is 41.5 Å². The van der Waals surface area contributed by atoms with E-state index in [0.717, 1.165) is 11.1 Å². The molecule has 5 saturated heterocycles. The number of imidazole rings is 1. The first-order valence-electron chi connectivity index (χ1n) is 33.8. The number of aliphatic hydroxyl groups is 2. The number of hydrogen-bond donors (Lipinski definition) is 10. The van der Waals surface area contributed by atoms with E-state index in [2.05, 4.69) is 16.2 Å². The van der Waals surface area contributed by atoms with Crippen LogP contribution in [0.4, 0.5) is 5.69 Å². The number of nitrogens with two attached hydrogens (primary N) is 6. The van der Waals surface area contributed by atoms with Crippen LogP contribution in [0.25, 0.3) is 32.3 Å². The maximum atomic E-state index is 14.4. The number of rotatable bonds is 27. The summed E-state index contributed by atoms with van der Waals surface area (Å²) in [6, 6.07) is 6.17. The minimum atomic E-state index is -5.06. The number of fused-ring (bicyclic) bond motifs is 10. The number of nitrogens with one attached hydrogen (secondary N) is 1.